The van der Waals surface area contributed by atoms with E-state index in [1.807, 2.05) is 11.9 Å². The van der Waals surface area contributed by atoms with Gasteiger partial charge >= 0.3 is 5.97 Å². The maximum atomic E-state index is 11.6. The van der Waals surface area contributed by atoms with Crippen molar-refractivity contribution >= 4 is 15.8 Å². The summed E-state index contributed by atoms with van der Waals surface area (Å²) < 4.78 is 23.2. The molecule has 14 heavy (non-hydrogen) atoms. The summed E-state index contributed by atoms with van der Waals surface area (Å²) in [5, 5.41) is 8.03. The molecule has 82 valence electrons. The lowest BCUT2D eigenvalue weighted by molar-refractivity contribution is -0.136. The van der Waals surface area contributed by atoms with Crippen LogP contribution in [0.2, 0.25) is 0 Å². The molecular formula is C8H15NO4S. The number of aliphatic carboxylic acids is 1. The van der Waals surface area contributed by atoms with E-state index in [4.69, 9.17) is 5.11 Å². The minimum absolute atomic E-state index is 0.235. The maximum absolute atomic E-state index is 11.6. The topological polar surface area (TPSA) is 74.7 Å². The second-order valence-electron chi connectivity index (χ2n) is 3.68. The molecule has 0 aromatic heterocycles. The Morgan fingerprint density at radius 3 is 2.64 bits per heavy atom. The predicted molar refractivity (Wildman–Crippen MR) is 51.9 cm³/mol. The average Bonchev–Trinajstić information content (AvgIpc) is 2.49. The molecule has 1 N–H and O–H groups in total. The van der Waals surface area contributed by atoms with Crippen molar-refractivity contribution in [3.8, 4) is 0 Å². The Hall–Kier alpha value is -0.620. The third-order valence-electron chi connectivity index (χ3n) is 2.46. The zero-order chi connectivity index (χ0) is 10.8. The normalized spacial score (nSPS) is 23.9. The van der Waals surface area contributed by atoms with Crippen LogP contribution in [0.25, 0.3) is 0 Å². The fourth-order valence-corrected chi connectivity index (χ4v) is 3.32. The molecule has 1 atom stereocenters. The lowest BCUT2D eigenvalue weighted by atomic mass is 10.4. The number of likely N-dealkylation sites (tertiary alicyclic amines) is 1. The fourth-order valence-electron chi connectivity index (χ4n) is 1.58. The molecule has 0 amide bonds. The summed E-state index contributed by atoms with van der Waals surface area (Å²) in [5.74, 6) is -1.29. The molecule has 1 aliphatic heterocycles. The minimum atomic E-state index is -3.21. The smallest absolute Gasteiger partial charge is 0.304 e. The largest absolute Gasteiger partial charge is 0.481 e. The Bertz CT molecular complexity index is 311. The Balaban J connectivity index is 2.53. The zero-order valence-electron chi connectivity index (χ0n) is 8.14. The Morgan fingerprint density at radius 1 is 1.57 bits per heavy atom. The Labute approximate surface area is 83.6 Å². The van der Waals surface area contributed by atoms with Gasteiger partial charge in [-0.15, -0.1) is 0 Å². The van der Waals surface area contributed by atoms with Crippen molar-refractivity contribution in [2.75, 3.05) is 25.9 Å². The number of carboxylic acids is 1. The van der Waals surface area contributed by atoms with E-state index < -0.39 is 15.8 Å². The van der Waals surface area contributed by atoms with Crippen LogP contribution in [0, 0.1) is 0 Å². The molecule has 1 aliphatic rings. The number of rotatable bonds is 4. The SMILES string of the molecule is CN1CCC(S(=O)(=O)CCC(=O)O)C1. The number of hydrogen-bond acceptors (Lipinski definition) is 4. The van der Waals surface area contributed by atoms with E-state index in [0.717, 1.165) is 6.54 Å². The summed E-state index contributed by atoms with van der Waals surface area (Å²) >= 11 is 0. The van der Waals surface area contributed by atoms with Crippen molar-refractivity contribution in [3.63, 3.8) is 0 Å². The van der Waals surface area contributed by atoms with Crippen molar-refractivity contribution in [3.05, 3.63) is 0 Å². The summed E-state index contributed by atoms with van der Waals surface area (Å²) in [5.41, 5.74) is 0. The van der Waals surface area contributed by atoms with Crippen LogP contribution in [0.15, 0.2) is 0 Å². The average molecular weight is 221 g/mol. The van der Waals surface area contributed by atoms with Crippen molar-refractivity contribution in [1.82, 2.24) is 4.90 Å². The number of carboxylic acid groups (broad SMARTS) is 1. The van der Waals surface area contributed by atoms with Gasteiger partial charge in [-0.05, 0) is 20.0 Å². The predicted octanol–water partition coefficient (Wildman–Crippen LogP) is -0.420. The molecule has 0 aliphatic carbocycles. The highest BCUT2D eigenvalue weighted by Crippen LogP contribution is 2.16. The summed E-state index contributed by atoms with van der Waals surface area (Å²) in [7, 11) is -1.34. The van der Waals surface area contributed by atoms with Gasteiger partial charge in [0.1, 0.15) is 0 Å². The summed E-state index contributed by atoms with van der Waals surface area (Å²) in [4.78, 5) is 12.2. The number of hydrogen-bond donors (Lipinski definition) is 1. The molecule has 1 heterocycles. The van der Waals surface area contributed by atoms with E-state index in [2.05, 4.69) is 0 Å². The van der Waals surface area contributed by atoms with Crippen LogP contribution >= 0.6 is 0 Å². The number of sulfone groups is 1. The molecule has 1 fully saturated rings. The lowest BCUT2D eigenvalue weighted by Crippen LogP contribution is -2.27. The molecule has 0 bridgehead atoms. The molecule has 0 saturated carbocycles. The van der Waals surface area contributed by atoms with Gasteiger partial charge in [-0.3, -0.25) is 4.79 Å². The van der Waals surface area contributed by atoms with Gasteiger partial charge < -0.3 is 10.0 Å². The van der Waals surface area contributed by atoms with Crippen molar-refractivity contribution in [2.24, 2.45) is 0 Å². The maximum Gasteiger partial charge on any atom is 0.304 e. The second kappa shape index (κ2) is 4.27. The standard InChI is InChI=1S/C8H15NO4S/c1-9-4-2-7(6-9)14(12,13)5-3-8(10)11/h7H,2-6H2,1H3,(H,10,11). The molecule has 0 spiro atoms. The van der Waals surface area contributed by atoms with Crippen LogP contribution in [0.1, 0.15) is 12.8 Å². The van der Waals surface area contributed by atoms with Crippen LogP contribution in [0.3, 0.4) is 0 Å². The van der Waals surface area contributed by atoms with Gasteiger partial charge in [0.05, 0.1) is 17.4 Å². The van der Waals surface area contributed by atoms with E-state index in [0.29, 0.717) is 13.0 Å². The van der Waals surface area contributed by atoms with Crippen LogP contribution in [0.5, 0.6) is 0 Å². The van der Waals surface area contributed by atoms with Gasteiger partial charge in [0.2, 0.25) is 0 Å². The summed E-state index contributed by atoms with van der Waals surface area (Å²) in [6, 6.07) is 0. The molecular weight excluding hydrogens is 206 g/mol. The Morgan fingerprint density at radius 2 is 2.21 bits per heavy atom. The van der Waals surface area contributed by atoms with Crippen LogP contribution in [-0.4, -0.2) is 55.5 Å². The zero-order valence-corrected chi connectivity index (χ0v) is 8.96. The molecule has 1 rings (SSSR count). The molecule has 1 saturated heterocycles. The van der Waals surface area contributed by atoms with Crippen molar-refractivity contribution < 1.29 is 18.3 Å². The van der Waals surface area contributed by atoms with Gasteiger partial charge in [0, 0.05) is 6.54 Å². The molecule has 1 unspecified atom stereocenters. The monoisotopic (exact) mass is 221 g/mol. The summed E-state index contributed by atoms with van der Waals surface area (Å²) in [6.07, 6.45) is 0.334. The van der Waals surface area contributed by atoms with Crippen molar-refractivity contribution in [1.29, 1.82) is 0 Å². The highest BCUT2D eigenvalue weighted by molar-refractivity contribution is 7.92. The second-order valence-corrected chi connectivity index (χ2v) is 6.08. The molecule has 0 aromatic carbocycles. The highest BCUT2D eigenvalue weighted by Gasteiger charge is 2.31. The van der Waals surface area contributed by atoms with Gasteiger partial charge in [0.25, 0.3) is 0 Å². The van der Waals surface area contributed by atoms with E-state index >= 15 is 0 Å². The molecule has 0 radical (unpaired) electrons. The van der Waals surface area contributed by atoms with Gasteiger partial charge in [-0.25, -0.2) is 8.42 Å². The van der Waals surface area contributed by atoms with Crippen LogP contribution < -0.4 is 0 Å². The first kappa shape index (κ1) is 11.5. The first-order valence-electron chi connectivity index (χ1n) is 4.54. The van der Waals surface area contributed by atoms with Crippen LogP contribution in [0.4, 0.5) is 0 Å². The van der Waals surface area contributed by atoms with Gasteiger partial charge in [-0.1, -0.05) is 0 Å². The van der Waals surface area contributed by atoms with Crippen molar-refractivity contribution in [2.45, 2.75) is 18.1 Å². The Kier molecular flexibility index (Phi) is 3.49. The first-order chi connectivity index (χ1) is 6.42. The third kappa shape index (κ3) is 2.95. The number of carbonyl (C=O) groups is 1. The van der Waals surface area contributed by atoms with Crippen LogP contribution in [-0.2, 0) is 14.6 Å². The summed E-state index contributed by atoms with van der Waals surface area (Å²) in [6.45, 7) is 1.30. The third-order valence-corrected chi connectivity index (χ3v) is 4.63. The van der Waals surface area contributed by atoms with Gasteiger partial charge in [-0.2, -0.15) is 0 Å². The molecule has 5 nitrogen and oxygen atoms in total. The molecule has 0 aromatic rings. The quantitative estimate of drug-likeness (QED) is 0.698. The highest BCUT2D eigenvalue weighted by atomic mass is 32.2. The van der Waals surface area contributed by atoms with E-state index in [9.17, 15) is 13.2 Å². The first-order valence-corrected chi connectivity index (χ1v) is 6.25. The van der Waals surface area contributed by atoms with E-state index in [-0.39, 0.29) is 17.4 Å². The lowest BCUT2D eigenvalue weighted by Gasteiger charge is -2.10. The minimum Gasteiger partial charge on any atom is -0.481 e. The van der Waals surface area contributed by atoms with E-state index in [1.165, 1.54) is 0 Å². The number of nitrogens with zero attached hydrogens (tertiary/aromatic N) is 1. The fraction of sp³-hybridized carbons (Fsp3) is 0.875. The molecule has 6 heteroatoms. The van der Waals surface area contributed by atoms with E-state index in [1.54, 1.807) is 0 Å². The van der Waals surface area contributed by atoms with Gasteiger partial charge in [0.15, 0.2) is 9.84 Å².